The minimum absolute atomic E-state index is 0.195. The van der Waals surface area contributed by atoms with Crippen LogP contribution in [0.1, 0.15) is 31.4 Å². The highest BCUT2D eigenvalue weighted by molar-refractivity contribution is 5.75. The summed E-state index contributed by atoms with van der Waals surface area (Å²) in [4.78, 5) is 12.3. The largest absolute Gasteiger partial charge is 0.406 e. The summed E-state index contributed by atoms with van der Waals surface area (Å²) in [5.41, 5.74) is 8.35. The lowest BCUT2D eigenvalue weighted by molar-refractivity contribution is -0.326. The Hall–Kier alpha value is -2.51. The zero-order valence-corrected chi connectivity index (χ0v) is 14.3. The molecular formula is C18H22N4O3. The van der Waals surface area contributed by atoms with Gasteiger partial charge in [0.2, 0.25) is 0 Å². The van der Waals surface area contributed by atoms with Gasteiger partial charge in [-0.1, -0.05) is 32.0 Å². The Bertz CT molecular complexity index is 792. The lowest BCUT2D eigenvalue weighted by Gasteiger charge is -2.38. The predicted molar refractivity (Wildman–Crippen MR) is 93.4 cm³/mol. The van der Waals surface area contributed by atoms with Crippen LogP contribution in [-0.2, 0) is 17.6 Å². The molecule has 0 saturated carbocycles. The van der Waals surface area contributed by atoms with Gasteiger partial charge in [-0.15, -0.1) is 0 Å². The zero-order chi connectivity index (χ0) is 18.1. The SMILES string of the molecule is CC.NC1=NC2(CCc3cccc(-c4cncnc4)c3C2)C(O)(O)O1. The van der Waals surface area contributed by atoms with E-state index < -0.39 is 11.5 Å². The van der Waals surface area contributed by atoms with Crippen molar-refractivity contribution < 1.29 is 14.9 Å². The second-order valence-corrected chi connectivity index (χ2v) is 5.94. The first-order valence-electron chi connectivity index (χ1n) is 8.36. The van der Waals surface area contributed by atoms with Gasteiger partial charge < -0.3 is 20.7 Å². The summed E-state index contributed by atoms with van der Waals surface area (Å²) in [5.74, 6) is -2.39. The van der Waals surface area contributed by atoms with Crippen LogP contribution >= 0.6 is 0 Å². The zero-order valence-electron chi connectivity index (χ0n) is 14.3. The van der Waals surface area contributed by atoms with Crippen LogP contribution in [0.3, 0.4) is 0 Å². The molecule has 1 aromatic carbocycles. The molecule has 7 nitrogen and oxygen atoms in total. The van der Waals surface area contributed by atoms with Crippen LogP contribution in [0, 0.1) is 0 Å². The van der Waals surface area contributed by atoms with Crippen molar-refractivity contribution in [2.24, 2.45) is 10.7 Å². The summed E-state index contributed by atoms with van der Waals surface area (Å²) in [5, 5.41) is 20.5. The van der Waals surface area contributed by atoms with Crippen LogP contribution in [-0.4, -0.2) is 37.7 Å². The Morgan fingerprint density at radius 2 is 1.88 bits per heavy atom. The average molecular weight is 342 g/mol. The van der Waals surface area contributed by atoms with Crippen molar-refractivity contribution in [1.29, 1.82) is 0 Å². The highest BCUT2D eigenvalue weighted by Crippen LogP contribution is 2.44. The lowest BCUT2D eigenvalue weighted by atomic mass is 9.74. The number of hydrogen-bond donors (Lipinski definition) is 3. The first kappa shape index (κ1) is 17.3. The predicted octanol–water partition coefficient (Wildman–Crippen LogP) is 1.38. The quantitative estimate of drug-likeness (QED) is 0.675. The van der Waals surface area contributed by atoms with Crippen molar-refractivity contribution >= 4 is 6.02 Å². The van der Waals surface area contributed by atoms with Gasteiger partial charge in [0.1, 0.15) is 6.33 Å². The number of hydrogen-bond acceptors (Lipinski definition) is 7. The summed E-state index contributed by atoms with van der Waals surface area (Å²) in [6.07, 6.45) is 6.36. The minimum atomic E-state index is -2.39. The van der Waals surface area contributed by atoms with E-state index >= 15 is 0 Å². The van der Waals surface area contributed by atoms with Crippen LogP contribution in [0.15, 0.2) is 41.9 Å². The fourth-order valence-electron chi connectivity index (χ4n) is 3.43. The van der Waals surface area contributed by atoms with Crippen molar-refractivity contribution in [3.8, 4) is 11.1 Å². The molecule has 7 heteroatoms. The highest BCUT2D eigenvalue weighted by Gasteiger charge is 2.58. The smallest absolute Gasteiger partial charge is 0.351 e. The fraction of sp³-hybridized carbons (Fsp3) is 0.389. The van der Waals surface area contributed by atoms with Gasteiger partial charge in [-0.25, -0.2) is 15.0 Å². The summed E-state index contributed by atoms with van der Waals surface area (Å²) in [6, 6.07) is 5.79. The number of rotatable bonds is 1. The van der Waals surface area contributed by atoms with E-state index in [1.165, 1.54) is 6.33 Å². The Kier molecular flexibility index (Phi) is 4.45. The Balaban J connectivity index is 0.000000880. The van der Waals surface area contributed by atoms with Gasteiger partial charge in [-0.3, -0.25) is 0 Å². The number of aromatic nitrogens is 2. The standard InChI is InChI=1S/C16H16N4O3.C2H6/c17-14-20-15(16(21,22)23-14)5-4-10-2-1-3-12(13(10)6-15)11-7-18-9-19-8-11;1-2/h1-3,7-9,21-22H,4-6H2,(H2,17,20);1-2H3. The van der Waals surface area contributed by atoms with Gasteiger partial charge in [0, 0.05) is 24.4 Å². The number of nitrogens with two attached hydrogens (primary N) is 1. The molecule has 1 aliphatic carbocycles. The maximum absolute atomic E-state index is 10.2. The van der Waals surface area contributed by atoms with E-state index in [4.69, 9.17) is 10.5 Å². The molecule has 1 aliphatic heterocycles. The molecule has 1 unspecified atom stereocenters. The molecule has 0 bridgehead atoms. The van der Waals surface area contributed by atoms with E-state index in [1.54, 1.807) is 12.4 Å². The first-order chi connectivity index (χ1) is 12.0. The van der Waals surface area contributed by atoms with Crippen LogP contribution in [0.25, 0.3) is 11.1 Å². The number of nitrogens with zero attached hydrogens (tertiary/aromatic N) is 3. The Morgan fingerprint density at radius 3 is 2.52 bits per heavy atom. The highest BCUT2D eigenvalue weighted by atomic mass is 16.8. The van der Waals surface area contributed by atoms with E-state index in [0.29, 0.717) is 19.3 Å². The molecule has 0 radical (unpaired) electrons. The molecule has 0 amide bonds. The fourth-order valence-corrected chi connectivity index (χ4v) is 3.43. The van der Waals surface area contributed by atoms with E-state index in [2.05, 4.69) is 15.0 Å². The number of amidine groups is 1. The van der Waals surface area contributed by atoms with E-state index in [9.17, 15) is 10.2 Å². The second-order valence-electron chi connectivity index (χ2n) is 5.94. The number of aliphatic imine (C=N–C) groups is 1. The van der Waals surface area contributed by atoms with Crippen molar-refractivity contribution in [3.63, 3.8) is 0 Å². The number of fused-ring (bicyclic) bond motifs is 1. The van der Waals surface area contributed by atoms with Crippen molar-refractivity contribution in [2.75, 3.05) is 0 Å². The molecule has 2 heterocycles. The lowest BCUT2D eigenvalue weighted by Crippen LogP contribution is -2.54. The average Bonchev–Trinajstić information content (AvgIpc) is 2.84. The molecular weight excluding hydrogens is 320 g/mol. The van der Waals surface area contributed by atoms with Gasteiger partial charge in [-0.05, 0) is 29.5 Å². The summed E-state index contributed by atoms with van der Waals surface area (Å²) in [7, 11) is 0. The van der Waals surface area contributed by atoms with Crippen LogP contribution in [0.5, 0.6) is 0 Å². The van der Waals surface area contributed by atoms with E-state index in [1.807, 2.05) is 32.0 Å². The maximum atomic E-state index is 10.2. The molecule has 0 saturated heterocycles. The van der Waals surface area contributed by atoms with Crippen LogP contribution in [0.4, 0.5) is 0 Å². The topological polar surface area (TPSA) is 114 Å². The molecule has 0 fully saturated rings. The molecule has 2 aliphatic rings. The van der Waals surface area contributed by atoms with Crippen LogP contribution < -0.4 is 5.73 Å². The first-order valence-corrected chi connectivity index (χ1v) is 8.36. The Labute approximate surface area is 146 Å². The third-order valence-electron chi connectivity index (χ3n) is 4.60. The molecule has 1 aromatic heterocycles. The van der Waals surface area contributed by atoms with Gasteiger partial charge in [0.25, 0.3) is 6.02 Å². The van der Waals surface area contributed by atoms with Crippen molar-refractivity contribution in [2.45, 2.75) is 44.6 Å². The molecule has 25 heavy (non-hydrogen) atoms. The molecule has 2 aromatic rings. The van der Waals surface area contributed by atoms with Crippen molar-refractivity contribution in [1.82, 2.24) is 9.97 Å². The summed E-state index contributed by atoms with van der Waals surface area (Å²) < 4.78 is 4.92. The third kappa shape index (κ3) is 2.85. The monoisotopic (exact) mass is 342 g/mol. The van der Waals surface area contributed by atoms with Gasteiger partial charge in [-0.2, -0.15) is 0 Å². The molecule has 1 spiro atoms. The Morgan fingerprint density at radius 1 is 1.16 bits per heavy atom. The third-order valence-corrected chi connectivity index (χ3v) is 4.60. The van der Waals surface area contributed by atoms with Gasteiger partial charge in [0.15, 0.2) is 5.54 Å². The number of benzene rings is 1. The van der Waals surface area contributed by atoms with Gasteiger partial charge >= 0.3 is 5.97 Å². The minimum Gasteiger partial charge on any atom is -0.406 e. The molecule has 132 valence electrons. The number of aliphatic hydroxyl groups is 2. The van der Waals surface area contributed by atoms with Crippen molar-refractivity contribution in [3.05, 3.63) is 48.0 Å². The molecule has 1 atom stereocenters. The van der Waals surface area contributed by atoms with Gasteiger partial charge in [0.05, 0.1) is 0 Å². The second kappa shape index (κ2) is 6.42. The number of ether oxygens (including phenoxy) is 1. The molecule has 4 N–H and O–H groups in total. The summed E-state index contributed by atoms with van der Waals surface area (Å²) >= 11 is 0. The van der Waals surface area contributed by atoms with E-state index in [0.717, 1.165) is 22.3 Å². The normalized spacial score (nSPS) is 23.1. The van der Waals surface area contributed by atoms with Crippen LogP contribution in [0.2, 0.25) is 0 Å². The molecule has 4 rings (SSSR count). The summed E-state index contributed by atoms with van der Waals surface area (Å²) in [6.45, 7) is 4.00. The van der Waals surface area contributed by atoms with E-state index in [-0.39, 0.29) is 6.02 Å². The number of aryl methyl sites for hydroxylation is 1. The maximum Gasteiger partial charge on any atom is 0.351 e.